The number of alkyl halides is 3. The van der Waals surface area contributed by atoms with Crippen molar-refractivity contribution < 1.29 is 31.1 Å². The van der Waals surface area contributed by atoms with Gasteiger partial charge in [0.25, 0.3) is 15.9 Å². The first-order chi connectivity index (χ1) is 14.6. The Morgan fingerprint density at radius 1 is 1.16 bits per heavy atom. The number of nitrogens with zero attached hydrogens (tertiary/aromatic N) is 3. The van der Waals surface area contributed by atoms with Crippen LogP contribution in [0.15, 0.2) is 47.6 Å². The number of hydrogen-bond donors (Lipinski definition) is 1. The van der Waals surface area contributed by atoms with Crippen molar-refractivity contribution in [2.45, 2.75) is 18.0 Å². The highest BCUT2D eigenvalue weighted by molar-refractivity contribution is 7.93. The predicted molar refractivity (Wildman–Crippen MR) is 106 cm³/mol. The van der Waals surface area contributed by atoms with Crippen molar-refractivity contribution in [1.29, 1.82) is 0 Å². The molecule has 0 fully saturated rings. The molecular weight excluding hydrogens is 457 g/mol. The van der Waals surface area contributed by atoms with Gasteiger partial charge in [0.15, 0.2) is 6.61 Å². The number of ether oxygens (including phenoxy) is 1. The Hall–Kier alpha value is -3.19. The highest BCUT2D eigenvalue weighted by Crippen LogP contribution is 2.41. The van der Waals surface area contributed by atoms with Crippen LogP contribution in [0.4, 0.5) is 29.7 Å². The van der Waals surface area contributed by atoms with Crippen LogP contribution in [-0.2, 0) is 21.0 Å². The summed E-state index contributed by atoms with van der Waals surface area (Å²) < 4.78 is 75.5. The predicted octanol–water partition coefficient (Wildman–Crippen LogP) is 3.72. The molecule has 0 bridgehead atoms. The number of halogens is 3. The maximum absolute atomic E-state index is 13.0. The molecule has 0 spiro atoms. The van der Waals surface area contributed by atoms with Crippen molar-refractivity contribution in [2.75, 3.05) is 16.2 Å². The van der Waals surface area contributed by atoms with Gasteiger partial charge in [-0.25, -0.2) is 13.4 Å². The molecule has 0 saturated heterocycles. The van der Waals surface area contributed by atoms with E-state index in [4.69, 9.17) is 4.74 Å². The maximum Gasteiger partial charge on any atom is 0.416 e. The molecule has 31 heavy (non-hydrogen) atoms. The van der Waals surface area contributed by atoms with Crippen LogP contribution in [0.1, 0.15) is 11.1 Å². The van der Waals surface area contributed by atoms with Crippen molar-refractivity contribution in [1.82, 2.24) is 9.36 Å². The van der Waals surface area contributed by atoms with Crippen LogP contribution >= 0.6 is 11.5 Å². The number of carbonyl (C=O) groups is 1. The maximum atomic E-state index is 13.0. The quantitative estimate of drug-likeness (QED) is 0.624. The first-order valence-corrected chi connectivity index (χ1v) is 10.9. The Kier molecular flexibility index (Phi) is 5.09. The second kappa shape index (κ2) is 7.50. The fourth-order valence-electron chi connectivity index (χ4n) is 3.04. The van der Waals surface area contributed by atoms with Gasteiger partial charge >= 0.3 is 6.18 Å². The van der Waals surface area contributed by atoms with Gasteiger partial charge in [-0.1, -0.05) is 0 Å². The number of anilines is 3. The van der Waals surface area contributed by atoms with Crippen molar-refractivity contribution in [3.63, 3.8) is 0 Å². The molecule has 3 aromatic rings. The second-order valence-corrected chi connectivity index (χ2v) is 8.96. The third kappa shape index (κ3) is 4.05. The summed E-state index contributed by atoms with van der Waals surface area (Å²) in [5.74, 6) is -0.406. The fraction of sp³-hybridized carbons (Fsp3) is 0.167. The summed E-state index contributed by atoms with van der Waals surface area (Å²) in [5, 5.41) is 0.0795. The number of nitrogens with one attached hydrogen (secondary N) is 1. The topological polar surface area (TPSA) is 101 Å². The molecule has 2 aromatic carbocycles. The van der Waals surface area contributed by atoms with Crippen molar-refractivity contribution in [3.05, 3.63) is 53.9 Å². The Morgan fingerprint density at radius 3 is 2.55 bits per heavy atom. The average Bonchev–Trinajstić information content (AvgIpc) is 3.19. The SMILES string of the molecule is Cc1cc(C(F)(F)F)ccc1N1C(=O)COc2cc(S(=O)(=O)Nc3ncns3)ccc21. The van der Waals surface area contributed by atoms with E-state index in [0.29, 0.717) is 0 Å². The Morgan fingerprint density at radius 2 is 1.90 bits per heavy atom. The van der Waals surface area contributed by atoms with Crippen LogP contribution < -0.4 is 14.4 Å². The number of aryl methyl sites for hydroxylation is 1. The van der Waals surface area contributed by atoms with Gasteiger partial charge in [-0.3, -0.25) is 14.4 Å². The van der Waals surface area contributed by atoms with Crippen LogP contribution in [0, 0.1) is 6.92 Å². The standard InChI is InChI=1S/C18H13F3N4O4S2/c1-10-6-11(18(19,20)21)2-4-13(10)25-14-5-3-12(7-15(14)29-8-16(25)26)31(27,28)24-17-22-9-23-30-17/h2-7,9H,8H2,1H3,(H,22,23,24). The minimum absolute atomic E-state index is 0.0795. The van der Waals surface area contributed by atoms with E-state index >= 15 is 0 Å². The summed E-state index contributed by atoms with van der Waals surface area (Å²) in [5.41, 5.74) is -0.149. The smallest absolute Gasteiger partial charge is 0.416 e. The lowest BCUT2D eigenvalue weighted by molar-refractivity contribution is -0.137. The van der Waals surface area contributed by atoms with Gasteiger partial charge in [0.1, 0.15) is 12.1 Å². The van der Waals surface area contributed by atoms with Gasteiger partial charge in [0.2, 0.25) is 5.13 Å². The number of carbonyl (C=O) groups excluding carboxylic acids is 1. The molecule has 2 heterocycles. The van der Waals surface area contributed by atoms with Gasteiger partial charge in [-0.15, -0.1) is 0 Å². The molecule has 0 atom stereocenters. The van der Waals surface area contributed by atoms with E-state index in [-0.39, 0.29) is 32.7 Å². The molecule has 0 aliphatic carbocycles. The fourth-order valence-corrected chi connectivity index (χ4v) is 4.72. The molecule has 1 amide bonds. The summed E-state index contributed by atoms with van der Waals surface area (Å²) in [7, 11) is -3.99. The molecule has 0 unspecified atom stereocenters. The van der Waals surface area contributed by atoms with Gasteiger partial charge in [0, 0.05) is 17.6 Å². The third-order valence-electron chi connectivity index (χ3n) is 4.43. The van der Waals surface area contributed by atoms with Gasteiger partial charge < -0.3 is 4.74 Å². The Balaban J connectivity index is 1.72. The van der Waals surface area contributed by atoms with Crippen molar-refractivity contribution in [2.24, 2.45) is 0 Å². The zero-order valence-corrected chi connectivity index (χ0v) is 17.3. The molecule has 0 saturated carbocycles. The summed E-state index contributed by atoms with van der Waals surface area (Å²) in [6.07, 6.45) is -3.31. The molecule has 13 heteroatoms. The normalized spacial score (nSPS) is 14.2. The Bertz CT molecular complexity index is 1260. The number of hydrogen-bond acceptors (Lipinski definition) is 7. The molecule has 162 valence electrons. The van der Waals surface area contributed by atoms with E-state index in [1.54, 1.807) is 0 Å². The average molecular weight is 470 g/mol. The first kappa shape index (κ1) is 21.1. The van der Waals surface area contributed by atoms with Gasteiger partial charge in [0.05, 0.1) is 21.8 Å². The zero-order valence-electron chi connectivity index (χ0n) is 15.7. The molecule has 4 rings (SSSR count). The van der Waals surface area contributed by atoms with E-state index in [1.165, 1.54) is 42.4 Å². The summed E-state index contributed by atoms with van der Waals surface area (Å²) in [6, 6.07) is 6.89. The minimum Gasteiger partial charge on any atom is -0.481 e. The number of aromatic nitrogens is 2. The van der Waals surface area contributed by atoms with E-state index in [0.717, 1.165) is 23.7 Å². The number of benzene rings is 2. The van der Waals surface area contributed by atoms with E-state index < -0.39 is 34.3 Å². The first-order valence-electron chi connectivity index (χ1n) is 8.63. The van der Waals surface area contributed by atoms with Crippen LogP contribution in [0.2, 0.25) is 0 Å². The molecule has 1 aromatic heterocycles. The molecular formula is C18H13F3N4O4S2. The van der Waals surface area contributed by atoms with E-state index in [1.807, 2.05) is 0 Å². The monoisotopic (exact) mass is 470 g/mol. The van der Waals surface area contributed by atoms with Crippen LogP contribution in [-0.4, -0.2) is 30.3 Å². The molecule has 1 N–H and O–H groups in total. The molecule has 1 aliphatic heterocycles. The third-order valence-corrected chi connectivity index (χ3v) is 6.48. The number of fused-ring (bicyclic) bond motifs is 1. The zero-order chi connectivity index (χ0) is 22.4. The highest BCUT2D eigenvalue weighted by atomic mass is 32.2. The summed E-state index contributed by atoms with van der Waals surface area (Å²) in [4.78, 5) is 17.4. The van der Waals surface area contributed by atoms with E-state index in [2.05, 4.69) is 14.1 Å². The van der Waals surface area contributed by atoms with Crippen molar-refractivity contribution >= 4 is 44.0 Å². The Labute approximate surface area is 178 Å². The number of sulfonamides is 1. The number of rotatable bonds is 4. The molecule has 1 aliphatic rings. The van der Waals surface area contributed by atoms with Gasteiger partial charge in [-0.2, -0.15) is 17.5 Å². The largest absolute Gasteiger partial charge is 0.481 e. The van der Waals surface area contributed by atoms with Crippen LogP contribution in [0.3, 0.4) is 0 Å². The second-order valence-electron chi connectivity index (χ2n) is 6.50. The highest BCUT2D eigenvalue weighted by Gasteiger charge is 2.33. The summed E-state index contributed by atoms with van der Waals surface area (Å²) >= 11 is 0.860. The van der Waals surface area contributed by atoms with Gasteiger partial charge in [-0.05, 0) is 42.8 Å². The summed E-state index contributed by atoms with van der Waals surface area (Å²) in [6.45, 7) is 1.05. The lowest BCUT2D eigenvalue weighted by atomic mass is 10.1. The van der Waals surface area contributed by atoms with Crippen LogP contribution in [0.25, 0.3) is 0 Å². The lowest BCUT2D eigenvalue weighted by Crippen LogP contribution is -2.35. The minimum atomic E-state index is -4.51. The van der Waals surface area contributed by atoms with Crippen LogP contribution in [0.5, 0.6) is 5.75 Å². The molecule has 8 nitrogen and oxygen atoms in total. The molecule has 0 radical (unpaired) electrons. The lowest BCUT2D eigenvalue weighted by Gasteiger charge is -2.31. The van der Waals surface area contributed by atoms with E-state index in [9.17, 15) is 26.4 Å². The van der Waals surface area contributed by atoms with Crippen molar-refractivity contribution in [3.8, 4) is 5.75 Å². The number of amides is 1.